The molecule has 3 nitrogen and oxygen atoms in total. The van der Waals surface area contributed by atoms with Crippen LogP contribution in [0.15, 0.2) is 48.5 Å². The van der Waals surface area contributed by atoms with Crippen LogP contribution in [0.2, 0.25) is 0 Å². The van der Waals surface area contributed by atoms with Gasteiger partial charge in [0.2, 0.25) is 5.91 Å². The fourth-order valence-corrected chi connectivity index (χ4v) is 1.89. The molecule has 0 radical (unpaired) electrons. The first kappa shape index (κ1) is 14.1. The van der Waals surface area contributed by atoms with Crippen LogP contribution in [0.4, 0.5) is 4.39 Å². The second kappa shape index (κ2) is 6.70. The summed E-state index contributed by atoms with van der Waals surface area (Å²) in [6.07, 6.45) is 0.232. The second-order valence-corrected chi connectivity index (χ2v) is 4.39. The van der Waals surface area contributed by atoms with E-state index in [9.17, 15) is 9.18 Å². The molecule has 104 valence electrons. The molecule has 2 aromatic carbocycles. The highest BCUT2D eigenvalue weighted by atomic mass is 19.1. The Morgan fingerprint density at radius 2 is 1.85 bits per heavy atom. The third kappa shape index (κ3) is 3.82. The van der Waals surface area contributed by atoms with E-state index in [0.29, 0.717) is 6.54 Å². The Balaban J connectivity index is 1.90. The Hall–Kier alpha value is -2.36. The lowest BCUT2D eigenvalue weighted by Gasteiger charge is -2.09. The molecule has 0 aliphatic heterocycles. The van der Waals surface area contributed by atoms with E-state index in [1.807, 2.05) is 24.3 Å². The molecule has 1 N–H and O–H groups in total. The average Bonchev–Trinajstić information content (AvgIpc) is 2.48. The van der Waals surface area contributed by atoms with Crippen LogP contribution in [0.3, 0.4) is 0 Å². The van der Waals surface area contributed by atoms with Gasteiger partial charge in [0, 0.05) is 12.1 Å². The zero-order valence-corrected chi connectivity index (χ0v) is 11.2. The molecule has 0 bridgehead atoms. The summed E-state index contributed by atoms with van der Waals surface area (Å²) in [7, 11) is 1.60. The largest absolute Gasteiger partial charge is 0.496 e. The number of nitrogens with one attached hydrogen (secondary N) is 1. The second-order valence-electron chi connectivity index (χ2n) is 4.39. The zero-order chi connectivity index (χ0) is 14.4. The number of rotatable bonds is 5. The van der Waals surface area contributed by atoms with Gasteiger partial charge in [-0.3, -0.25) is 4.79 Å². The number of halogens is 1. The minimum Gasteiger partial charge on any atom is -0.496 e. The van der Waals surface area contributed by atoms with Crippen molar-refractivity contribution in [3.63, 3.8) is 0 Å². The highest BCUT2D eigenvalue weighted by Gasteiger charge is 2.06. The fourth-order valence-electron chi connectivity index (χ4n) is 1.89. The van der Waals surface area contributed by atoms with Gasteiger partial charge in [-0.1, -0.05) is 30.3 Å². The number of benzene rings is 2. The predicted octanol–water partition coefficient (Wildman–Crippen LogP) is 2.69. The third-order valence-corrected chi connectivity index (χ3v) is 2.95. The van der Waals surface area contributed by atoms with Gasteiger partial charge in [-0.2, -0.15) is 0 Å². The van der Waals surface area contributed by atoms with Gasteiger partial charge < -0.3 is 10.1 Å². The van der Waals surface area contributed by atoms with E-state index in [2.05, 4.69) is 5.32 Å². The van der Waals surface area contributed by atoms with Gasteiger partial charge in [-0.15, -0.1) is 0 Å². The number of carbonyl (C=O) groups is 1. The monoisotopic (exact) mass is 273 g/mol. The van der Waals surface area contributed by atoms with Crippen molar-refractivity contribution in [2.75, 3.05) is 7.11 Å². The summed E-state index contributed by atoms with van der Waals surface area (Å²) in [4.78, 5) is 11.8. The number of para-hydroxylation sites is 1. The topological polar surface area (TPSA) is 38.3 Å². The molecular weight excluding hydrogens is 257 g/mol. The maximum atomic E-state index is 12.8. The minimum absolute atomic E-state index is 0.109. The van der Waals surface area contributed by atoms with Crippen molar-refractivity contribution in [1.82, 2.24) is 5.32 Å². The quantitative estimate of drug-likeness (QED) is 0.909. The zero-order valence-electron chi connectivity index (χ0n) is 11.2. The SMILES string of the molecule is COc1ccccc1CNC(=O)Cc1ccc(F)cc1. The normalized spacial score (nSPS) is 10.1. The predicted molar refractivity (Wildman–Crippen MR) is 74.9 cm³/mol. The first-order chi connectivity index (χ1) is 9.69. The average molecular weight is 273 g/mol. The van der Waals surface area contributed by atoms with Crippen LogP contribution in [-0.2, 0) is 17.8 Å². The third-order valence-electron chi connectivity index (χ3n) is 2.95. The van der Waals surface area contributed by atoms with E-state index in [1.165, 1.54) is 12.1 Å². The Morgan fingerprint density at radius 1 is 1.15 bits per heavy atom. The van der Waals surface area contributed by atoms with Gasteiger partial charge in [-0.05, 0) is 23.8 Å². The molecular formula is C16H16FNO2. The summed E-state index contributed by atoms with van der Waals surface area (Å²) in [6, 6.07) is 13.4. The van der Waals surface area contributed by atoms with E-state index in [0.717, 1.165) is 16.9 Å². The molecule has 0 spiro atoms. The van der Waals surface area contributed by atoms with E-state index < -0.39 is 0 Å². The Bertz CT molecular complexity index is 581. The van der Waals surface area contributed by atoms with Crippen LogP contribution >= 0.6 is 0 Å². The van der Waals surface area contributed by atoms with Gasteiger partial charge in [0.15, 0.2) is 0 Å². The fraction of sp³-hybridized carbons (Fsp3) is 0.188. The van der Waals surface area contributed by atoms with Crippen molar-refractivity contribution in [2.24, 2.45) is 0 Å². The highest BCUT2D eigenvalue weighted by Crippen LogP contribution is 2.16. The van der Waals surface area contributed by atoms with Crippen LogP contribution in [0, 0.1) is 5.82 Å². The summed E-state index contributed by atoms with van der Waals surface area (Å²) < 4.78 is 18.0. The number of carbonyl (C=O) groups excluding carboxylic acids is 1. The molecule has 2 rings (SSSR count). The molecule has 0 heterocycles. The molecule has 4 heteroatoms. The number of ether oxygens (including phenoxy) is 1. The van der Waals surface area contributed by atoms with Crippen molar-refractivity contribution in [3.05, 3.63) is 65.5 Å². The molecule has 0 aliphatic rings. The smallest absolute Gasteiger partial charge is 0.224 e. The summed E-state index contributed by atoms with van der Waals surface area (Å²) in [6.45, 7) is 0.407. The van der Waals surface area contributed by atoms with Gasteiger partial charge in [0.25, 0.3) is 0 Å². The van der Waals surface area contributed by atoms with Crippen LogP contribution in [-0.4, -0.2) is 13.0 Å². The Labute approximate surface area is 117 Å². The van der Waals surface area contributed by atoms with Crippen LogP contribution in [0.1, 0.15) is 11.1 Å². The van der Waals surface area contributed by atoms with E-state index in [4.69, 9.17) is 4.74 Å². The van der Waals surface area contributed by atoms with Gasteiger partial charge in [0.05, 0.1) is 13.5 Å². The van der Waals surface area contributed by atoms with Crippen LogP contribution < -0.4 is 10.1 Å². The van der Waals surface area contributed by atoms with Gasteiger partial charge in [-0.25, -0.2) is 4.39 Å². The first-order valence-electron chi connectivity index (χ1n) is 6.32. The molecule has 0 aliphatic carbocycles. The molecule has 0 saturated heterocycles. The molecule has 2 aromatic rings. The lowest BCUT2D eigenvalue weighted by atomic mass is 10.1. The molecule has 1 amide bonds. The lowest BCUT2D eigenvalue weighted by molar-refractivity contribution is -0.120. The summed E-state index contributed by atoms with van der Waals surface area (Å²) >= 11 is 0. The standard InChI is InChI=1S/C16H16FNO2/c1-20-15-5-3-2-4-13(15)11-18-16(19)10-12-6-8-14(17)9-7-12/h2-9H,10-11H2,1H3,(H,18,19). The van der Waals surface area contributed by atoms with E-state index in [1.54, 1.807) is 19.2 Å². The van der Waals surface area contributed by atoms with Gasteiger partial charge in [0.1, 0.15) is 11.6 Å². The molecule has 0 unspecified atom stereocenters. The van der Waals surface area contributed by atoms with Crippen molar-refractivity contribution in [2.45, 2.75) is 13.0 Å². The van der Waals surface area contributed by atoms with Crippen molar-refractivity contribution < 1.29 is 13.9 Å². The molecule has 20 heavy (non-hydrogen) atoms. The van der Waals surface area contributed by atoms with Gasteiger partial charge >= 0.3 is 0 Å². The lowest BCUT2D eigenvalue weighted by Crippen LogP contribution is -2.24. The minimum atomic E-state index is -0.303. The highest BCUT2D eigenvalue weighted by molar-refractivity contribution is 5.78. The number of hydrogen-bond donors (Lipinski definition) is 1. The van der Waals surface area contributed by atoms with Crippen LogP contribution in [0.5, 0.6) is 5.75 Å². The summed E-state index contributed by atoms with van der Waals surface area (Å²) in [5.74, 6) is 0.334. The maximum absolute atomic E-state index is 12.8. The summed E-state index contributed by atoms with van der Waals surface area (Å²) in [5.41, 5.74) is 1.70. The van der Waals surface area contributed by atoms with Crippen molar-refractivity contribution in [1.29, 1.82) is 0 Å². The molecule has 0 aromatic heterocycles. The molecule has 0 atom stereocenters. The summed E-state index contributed by atoms with van der Waals surface area (Å²) in [5, 5.41) is 2.82. The van der Waals surface area contributed by atoms with Crippen molar-refractivity contribution >= 4 is 5.91 Å². The number of hydrogen-bond acceptors (Lipinski definition) is 2. The Kier molecular flexibility index (Phi) is 4.71. The van der Waals surface area contributed by atoms with E-state index in [-0.39, 0.29) is 18.1 Å². The number of amides is 1. The van der Waals surface area contributed by atoms with Crippen LogP contribution in [0.25, 0.3) is 0 Å². The maximum Gasteiger partial charge on any atom is 0.224 e. The first-order valence-corrected chi connectivity index (χ1v) is 6.32. The van der Waals surface area contributed by atoms with Crippen molar-refractivity contribution in [3.8, 4) is 5.75 Å². The molecule has 0 fully saturated rings. The van der Waals surface area contributed by atoms with E-state index >= 15 is 0 Å². The number of methoxy groups -OCH3 is 1. The Morgan fingerprint density at radius 3 is 2.55 bits per heavy atom. The molecule has 0 saturated carbocycles.